The Morgan fingerprint density at radius 1 is 0.365 bits per heavy atom. The van der Waals surface area contributed by atoms with Crippen LogP contribution in [0.4, 0.5) is 0 Å². The van der Waals surface area contributed by atoms with Crippen LogP contribution < -0.4 is 0 Å². The van der Waals surface area contributed by atoms with Crippen LogP contribution >= 0.6 is 0 Å². The van der Waals surface area contributed by atoms with Crippen molar-refractivity contribution in [2.75, 3.05) is 0 Å². The number of benzene rings is 8. The first-order valence-corrected chi connectivity index (χ1v) is 17.8. The summed E-state index contributed by atoms with van der Waals surface area (Å²) in [4.78, 5) is 10.7. The molecule has 0 bridgehead atoms. The molecule has 0 fully saturated rings. The number of rotatable bonds is 3. The highest BCUT2D eigenvalue weighted by atomic mass is 15.1. The Morgan fingerprint density at radius 2 is 1.00 bits per heavy atom. The van der Waals surface area contributed by atoms with E-state index in [9.17, 15) is 0 Å². The van der Waals surface area contributed by atoms with Crippen molar-refractivity contribution in [2.45, 2.75) is 0 Å². The fourth-order valence-corrected chi connectivity index (χ4v) is 8.80. The van der Waals surface area contributed by atoms with Crippen molar-refractivity contribution in [2.24, 2.45) is 0 Å². The fraction of sp³-hybridized carbons (Fsp3) is 0. The number of nitrogens with zero attached hydrogens (tertiary/aromatic N) is 4. The zero-order valence-electron chi connectivity index (χ0n) is 28.0. The maximum atomic E-state index is 5.51. The molecule has 0 radical (unpaired) electrons. The average Bonchev–Trinajstić information content (AvgIpc) is 3.85. The van der Waals surface area contributed by atoms with Crippen LogP contribution in [-0.4, -0.2) is 18.9 Å². The highest BCUT2D eigenvalue weighted by molar-refractivity contribution is 6.36. The van der Waals surface area contributed by atoms with Gasteiger partial charge in [-0.25, -0.2) is 9.97 Å². The van der Waals surface area contributed by atoms with Gasteiger partial charge in [0.2, 0.25) is 0 Å². The predicted molar refractivity (Wildman–Crippen MR) is 217 cm³/mol. The summed E-state index contributed by atoms with van der Waals surface area (Å²) in [5.41, 5.74) is 10.2. The molecule has 8 aromatic carbocycles. The summed E-state index contributed by atoms with van der Waals surface area (Å²) in [5.74, 6) is 1.58. The monoisotopic (exact) mass is 660 g/mol. The molecule has 0 saturated carbocycles. The fourth-order valence-electron chi connectivity index (χ4n) is 8.80. The Labute approximate surface area is 297 Å². The van der Waals surface area contributed by atoms with Gasteiger partial charge in [0.15, 0.2) is 5.82 Å². The quantitative estimate of drug-likeness (QED) is 0.189. The highest BCUT2D eigenvalue weighted by Gasteiger charge is 2.26. The van der Waals surface area contributed by atoms with Gasteiger partial charge in [0.1, 0.15) is 5.82 Å². The molecule has 52 heavy (non-hydrogen) atoms. The molecule has 4 heterocycles. The van der Waals surface area contributed by atoms with Crippen molar-refractivity contribution in [3.63, 3.8) is 0 Å². The summed E-state index contributed by atoms with van der Waals surface area (Å²) in [5, 5.41) is 11.0. The Kier molecular flexibility index (Phi) is 5.47. The zero-order chi connectivity index (χ0) is 33.9. The average molecular weight is 661 g/mol. The third-order valence-corrected chi connectivity index (χ3v) is 11.0. The molecule has 0 aliphatic rings. The largest absolute Gasteiger partial charge is 0.308 e. The minimum absolute atomic E-state index is 0.705. The molecular formula is C48H28N4. The Morgan fingerprint density at radius 3 is 1.83 bits per heavy atom. The molecule has 0 amide bonds. The van der Waals surface area contributed by atoms with Gasteiger partial charge in [-0.2, -0.15) is 0 Å². The first-order chi connectivity index (χ1) is 25.8. The van der Waals surface area contributed by atoms with Gasteiger partial charge >= 0.3 is 0 Å². The van der Waals surface area contributed by atoms with Crippen molar-refractivity contribution in [3.8, 4) is 28.3 Å². The van der Waals surface area contributed by atoms with E-state index in [1.807, 2.05) is 0 Å². The molecule has 4 heteroatoms. The SMILES string of the molecule is c1ccc(-c2ccc(-c3nc(-n4c5ccc6ccccc6c5c5cc6c7ccccc7n7c8ccccc8c(c54)c67)c4ccccc4n3)cc2)cc1. The van der Waals surface area contributed by atoms with Gasteiger partial charge in [-0.3, -0.25) is 4.57 Å². The van der Waals surface area contributed by atoms with Crippen LogP contribution in [0.15, 0.2) is 170 Å². The van der Waals surface area contributed by atoms with Gasteiger partial charge in [-0.15, -0.1) is 0 Å². The maximum Gasteiger partial charge on any atom is 0.162 e. The lowest BCUT2D eigenvalue weighted by atomic mass is 10.0. The van der Waals surface area contributed by atoms with Crippen molar-refractivity contribution in [3.05, 3.63) is 170 Å². The van der Waals surface area contributed by atoms with E-state index in [0.29, 0.717) is 5.82 Å². The van der Waals surface area contributed by atoms with Crippen LogP contribution in [0, 0.1) is 0 Å². The standard InChI is InChI=1S/C48H28N4/c1-2-12-29(13-3-1)30-22-24-32(25-23-30)47-49-39-19-9-6-17-35(39)48(50-47)52-42-27-26-31-14-4-5-15-33(31)43(42)38-28-37-34-16-7-10-20-40(34)51-41-21-11-8-18-36(41)44(45(37)51)46(38)52/h1-28H. The molecule has 0 unspecified atom stereocenters. The summed E-state index contributed by atoms with van der Waals surface area (Å²) < 4.78 is 4.90. The van der Waals surface area contributed by atoms with Crippen molar-refractivity contribution >= 4 is 81.6 Å². The van der Waals surface area contributed by atoms with E-state index in [4.69, 9.17) is 9.97 Å². The van der Waals surface area contributed by atoms with E-state index in [1.165, 1.54) is 76.3 Å². The van der Waals surface area contributed by atoms with Crippen LogP contribution in [0.3, 0.4) is 0 Å². The topological polar surface area (TPSA) is 35.1 Å². The third-order valence-electron chi connectivity index (χ3n) is 11.0. The molecule has 0 N–H and O–H groups in total. The lowest BCUT2D eigenvalue weighted by Crippen LogP contribution is -2.03. The first kappa shape index (κ1) is 27.7. The van der Waals surface area contributed by atoms with Gasteiger partial charge in [0.05, 0.1) is 33.1 Å². The Balaban J connectivity index is 1.27. The second-order valence-corrected chi connectivity index (χ2v) is 13.8. The lowest BCUT2D eigenvalue weighted by molar-refractivity contribution is 1.08. The van der Waals surface area contributed by atoms with E-state index < -0.39 is 0 Å². The number of hydrogen-bond donors (Lipinski definition) is 0. The summed E-state index contributed by atoms with van der Waals surface area (Å²) in [6, 6.07) is 61.0. The molecule has 12 rings (SSSR count). The smallest absolute Gasteiger partial charge is 0.162 e. The van der Waals surface area contributed by atoms with E-state index in [0.717, 1.165) is 27.8 Å². The molecule has 0 atom stereocenters. The number of para-hydroxylation sites is 3. The Hall–Kier alpha value is -7.04. The zero-order valence-corrected chi connectivity index (χ0v) is 28.0. The summed E-state index contributed by atoms with van der Waals surface area (Å²) in [7, 11) is 0. The van der Waals surface area contributed by atoms with Gasteiger partial charge in [-0.1, -0.05) is 133 Å². The minimum Gasteiger partial charge on any atom is -0.308 e. The van der Waals surface area contributed by atoms with E-state index in [-0.39, 0.29) is 0 Å². The molecule has 0 spiro atoms. The summed E-state index contributed by atoms with van der Waals surface area (Å²) in [6.07, 6.45) is 0. The second kappa shape index (κ2) is 10.3. The molecule has 12 aromatic rings. The predicted octanol–water partition coefficient (Wildman–Crippen LogP) is 12.4. The number of hydrogen-bond acceptors (Lipinski definition) is 2. The van der Waals surface area contributed by atoms with Gasteiger partial charge < -0.3 is 4.40 Å². The number of fused-ring (bicyclic) bond motifs is 13. The lowest BCUT2D eigenvalue weighted by Gasteiger charge is -2.14. The van der Waals surface area contributed by atoms with Crippen LogP contribution in [0.5, 0.6) is 0 Å². The van der Waals surface area contributed by atoms with Crippen LogP contribution in [0.1, 0.15) is 0 Å². The minimum atomic E-state index is 0.705. The van der Waals surface area contributed by atoms with E-state index >= 15 is 0 Å². The summed E-state index contributed by atoms with van der Waals surface area (Å²) >= 11 is 0. The molecule has 4 nitrogen and oxygen atoms in total. The Bertz CT molecular complexity index is 3390. The maximum absolute atomic E-state index is 5.51. The second-order valence-electron chi connectivity index (χ2n) is 13.8. The molecule has 0 aliphatic heterocycles. The normalized spacial score (nSPS) is 12.2. The van der Waals surface area contributed by atoms with Gasteiger partial charge in [0, 0.05) is 43.3 Å². The van der Waals surface area contributed by atoms with Crippen molar-refractivity contribution in [1.82, 2.24) is 18.9 Å². The van der Waals surface area contributed by atoms with Gasteiger partial charge in [-0.05, 0) is 58.3 Å². The molecular weight excluding hydrogens is 633 g/mol. The van der Waals surface area contributed by atoms with Crippen LogP contribution in [0.2, 0.25) is 0 Å². The van der Waals surface area contributed by atoms with Gasteiger partial charge in [0.25, 0.3) is 0 Å². The molecule has 0 aliphatic carbocycles. The van der Waals surface area contributed by atoms with Crippen molar-refractivity contribution < 1.29 is 0 Å². The van der Waals surface area contributed by atoms with E-state index in [2.05, 4.69) is 179 Å². The molecule has 240 valence electrons. The van der Waals surface area contributed by atoms with Crippen LogP contribution in [0.25, 0.3) is 110 Å². The third kappa shape index (κ3) is 3.65. The summed E-state index contributed by atoms with van der Waals surface area (Å²) in [6.45, 7) is 0. The van der Waals surface area contributed by atoms with Crippen LogP contribution in [-0.2, 0) is 0 Å². The molecule has 4 aromatic heterocycles. The van der Waals surface area contributed by atoms with E-state index in [1.54, 1.807) is 0 Å². The number of aromatic nitrogens is 4. The highest BCUT2D eigenvalue weighted by Crippen LogP contribution is 2.48. The molecule has 0 saturated heterocycles. The van der Waals surface area contributed by atoms with Crippen molar-refractivity contribution in [1.29, 1.82) is 0 Å². The first-order valence-electron chi connectivity index (χ1n) is 17.8.